The van der Waals surface area contributed by atoms with Crippen molar-refractivity contribution >= 4 is 11.6 Å². The van der Waals surface area contributed by atoms with Crippen molar-refractivity contribution in [1.29, 1.82) is 0 Å². The van der Waals surface area contributed by atoms with Crippen LogP contribution in [0.2, 0.25) is 0 Å². The lowest BCUT2D eigenvalue weighted by Crippen LogP contribution is -2.10. The van der Waals surface area contributed by atoms with Gasteiger partial charge in [-0.05, 0) is 38.5 Å². The van der Waals surface area contributed by atoms with Crippen LogP contribution in [0.15, 0.2) is 23.7 Å². The normalized spacial score (nSPS) is 18.7. The fourth-order valence-corrected chi connectivity index (χ4v) is 4.61. The van der Waals surface area contributed by atoms with Gasteiger partial charge in [0.2, 0.25) is 0 Å². The van der Waals surface area contributed by atoms with Crippen molar-refractivity contribution in [1.82, 2.24) is 0 Å². The lowest BCUT2D eigenvalue weighted by Gasteiger charge is -2.20. The lowest BCUT2D eigenvalue weighted by molar-refractivity contribution is -0.115. The Bertz CT molecular complexity index is 526. The van der Waals surface area contributed by atoms with Crippen LogP contribution in [0, 0.1) is 11.8 Å². The van der Waals surface area contributed by atoms with Crippen LogP contribution in [0.4, 0.5) is 0 Å². The highest BCUT2D eigenvalue weighted by Gasteiger charge is 2.18. The van der Waals surface area contributed by atoms with E-state index in [0.717, 1.165) is 64.2 Å². The van der Waals surface area contributed by atoms with Crippen molar-refractivity contribution in [3.8, 4) is 0 Å². The summed E-state index contributed by atoms with van der Waals surface area (Å²) in [6.07, 6.45) is 22.0. The number of carbonyl (C=O) groups excluding carboxylic acids is 2. The van der Waals surface area contributed by atoms with E-state index < -0.39 is 0 Å². The highest BCUT2D eigenvalue weighted by molar-refractivity contribution is 5.90. The Morgan fingerprint density at radius 1 is 0.625 bits per heavy atom. The van der Waals surface area contributed by atoms with E-state index in [0.29, 0.717) is 24.4 Å². The van der Waals surface area contributed by atoms with Crippen LogP contribution in [0.1, 0.15) is 129 Å². The Hall–Kier alpha value is -1.58. The molecule has 4 nitrogen and oxygen atoms in total. The van der Waals surface area contributed by atoms with Gasteiger partial charge in [0.25, 0.3) is 0 Å². The van der Waals surface area contributed by atoms with Gasteiger partial charge in [0.05, 0.1) is 11.5 Å². The maximum Gasteiger partial charge on any atom is 0.159 e. The SMILES string of the molecule is CCCCCC(=O)/C=C(\O)C1CCCCC1.CCCCCC(=O)/C=C(\O)C1CCCCC1. The van der Waals surface area contributed by atoms with Gasteiger partial charge in [-0.1, -0.05) is 78.1 Å². The average molecular weight is 449 g/mol. The third kappa shape index (κ3) is 13.1. The van der Waals surface area contributed by atoms with Crippen molar-refractivity contribution in [2.45, 2.75) is 129 Å². The molecule has 0 unspecified atom stereocenters. The maximum absolute atomic E-state index is 11.5. The first kappa shape index (κ1) is 28.5. The first-order valence-electron chi connectivity index (χ1n) is 13.3. The first-order chi connectivity index (χ1) is 15.5. The second-order valence-electron chi connectivity index (χ2n) is 9.66. The molecule has 0 aromatic rings. The molecule has 0 bridgehead atoms. The molecule has 2 fully saturated rings. The van der Waals surface area contributed by atoms with Crippen molar-refractivity contribution in [2.75, 3.05) is 0 Å². The van der Waals surface area contributed by atoms with Crippen LogP contribution in [0.5, 0.6) is 0 Å². The number of aliphatic hydroxyl groups excluding tert-OH is 2. The Morgan fingerprint density at radius 2 is 0.969 bits per heavy atom. The summed E-state index contributed by atoms with van der Waals surface area (Å²) < 4.78 is 0. The summed E-state index contributed by atoms with van der Waals surface area (Å²) in [6, 6.07) is 0. The molecular weight excluding hydrogens is 400 g/mol. The molecule has 0 radical (unpaired) electrons. The summed E-state index contributed by atoms with van der Waals surface area (Å²) >= 11 is 0. The largest absolute Gasteiger partial charge is 0.512 e. The van der Waals surface area contributed by atoms with E-state index >= 15 is 0 Å². The molecule has 0 atom stereocenters. The van der Waals surface area contributed by atoms with Gasteiger partial charge in [0.1, 0.15) is 0 Å². The van der Waals surface area contributed by atoms with Crippen LogP contribution >= 0.6 is 0 Å². The van der Waals surface area contributed by atoms with Crippen LogP contribution in [-0.4, -0.2) is 21.8 Å². The third-order valence-corrected chi connectivity index (χ3v) is 6.72. The van der Waals surface area contributed by atoms with E-state index in [2.05, 4.69) is 13.8 Å². The molecule has 0 aromatic heterocycles. The van der Waals surface area contributed by atoms with E-state index in [1.807, 2.05) is 0 Å². The van der Waals surface area contributed by atoms with Gasteiger partial charge in [-0.25, -0.2) is 0 Å². The van der Waals surface area contributed by atoms with Crippen LogP contribution in [-0.2, 0) is 9.59 Å². The number of rotatable bonds is 12. The number of ketones is 2. The number of carbonyl (C=O) groups is 2. The Kier molecular flexibility index (Phi) is 15.9. The van der Waals surface area contributed by atoms with E-state index in [-0.39, 0.29) is 23.4 Å². The molecule has 4 heteroatoms. The summed E-state index contributed by atoms with van der Waals surface area (Å²) in [5.41, 5.74) is 0. The summed E-state index contributed by atoms with van der Waals surface area (Å²) in [7, 11) is 0. The molecule has 0 aromatic carbocycles. The molecule has 2 rings (SSSR count). The van der Waals surface area contributed by atoms with E-state index in [4.69, 9.17) is 0 Å². The molecule has 0 amide bonds. The molecule has 184 valence electrons. The summed E-state index contributed by atoms with van der Waals surface area (Å²) in [4.78, 5) is 23.1. The molecule has 0 spiro atoms. The second-order valence-corrected chi connectivity index (χ2v) is 9.66. The highest BCUT2D eigenvalue weighted by Crippen LogP contribution is 2.29. The number of hydrogen-bond acceptors (Lipinski definition) is 4. The lowest BCUT2D eigenvalue weighted by atomic mass is 9.87. The maximum atomic E-state index is 11.5. The fraction of sp³-hybridized carbons (Fsp3) is 0.786. The standard InChI is InChI=1S/2C14H24O2/c2*1-2-3-5-10-13(15)11-14(16)12-8-6-4-7-9-12/h2*11-12,16H,2-10H2,1H3/b2*14-11-. The third-order valence-electron chi connectivity index (χ3n) is 6.72. The Labute approximate surface area is 196 Å². The first-order valence-corrected chi connectivity index (χ1v) is 13.3. The number of allylic oxidation sites excluding steroid dienone is 4. The van der Waals surface area contributed by atoms with Crippen LogP contribution < -0.4 is 0 Å². The monoisotopic (exact) mass is 448 g/mol. The minimum Gasteiger partial charge on any atom is -0.512 e. The topological polar surface area (TPSA) is 74.6 Å². The highest BCUT2D eigenvalue weighted by atomic mass is 16.3. The molecule has 0 saturated heterocycles. The van der Waals surface area contributed by atoms with Crippen LogP contribution in [0.3, 0.4) is 0 Å². The number of hydrogen-bond donors (Lipinski definition) is 2. The molecular formula is C28H48O4. The Balaban J connectivity index is 0.000000320. The minimum absolute atomic E-state index is 0.0940. The predicted molar refractivity (Wildman–Crippen MR) is 133 cm³/mol. The van der Waals surface area contributed by atoms with Crippen molar-refractivity contribution in [3.05, 3.63) is 23.7 Å². The predicted octanol–water partition coefficient (Wildman–Crippen LogP) is 8.32. The fourth-order valence-electron chi connectivity index (χ4n) is 4.61. The smallest absolute Gasteiger partial charge is 0.159 e. The second kappa shape index (κ2) is 17.9. The van der Waals surface area contributed by atoms with Gasteiger partial charge in [0.15, 0.2) is 11.6 Å². The summed E-state index contributed by atoms with van der Waals surface area (Å²) in [6.45, 7) is 4.25. The zero-order valence-electron chi connectivity index (χ0n) is 20.7. The number of unbranched alkanes of at least 4 members (excludes halogenated alkanes) is 4. The van der Waals surface area contributed by atoms with E-state index in [1.54, 1.807) is 0 Å². The van der Waals surface area contributed by atoms with Gasteiger partial charge in [0, 0.05) is 36.8 Å². The van der Waals surface area contributed by atoms with Gasteiger partial charge < -0.3 is 10.2 Å². The molecule has 2 saturated carbocycles. The van der Waals surface area contributed by atoms with Crippen molar-refractivity contribution in [3.63, 3.8) is 0 Å². The zero-order chi connectivity index (χ0) is 23.6. The molecule has 2 N–H and O–H groups in total. The van der Waals surface area contributed by atoms with Gasteiger partial charge >= 0.3 is 0 Å². The van der Waals surface area contributed by atoms with Crippen molar-refractivity contribution in [2.24, 2.45) is 11.8 Å². The summed E-state index contributed by atoms with van der Waals surface area (Å²) in [5.74, 6) is 1.36. The van der Waals surface area contributed by atoms with E-state index in [1.165, 1.54) is 50.7 Å². The Morgan fingerprint density at radius 3 is 1.28 bits per heavy atom. The van der Waals surface area contributed by atoms with Gasteiger partial charge in [-0.3, -0.25) is 9.59 Å². The van der Waals surface area contributed by atoms with Gasteiger partial charge in [-0.2, -0.15) is 0 Å². The number of aliphatic hydroxyl groups is 2. The minimum atomic E-state index is 0.0940. The molecule has 2 aliphatic carbocycles. The van der Waals surface area contributed by atoms with Gasteiger partial charge in [-0.15, -0.1) is 0 Å². The van der Waals surface area contributed by atoms with Crippen LogP contribution in [0.25, 0.3) is 0 Å². The van der Waals surface area contributed by atoms with Crippen molar-refractivity contribution < 1.29 is 19.8 Å². The molecule has 0 heterocycles. The van der Waals surface area contributed by atoms with E-state index in [9.17, 15) is 19.8 Å². The summed E-state index contributed by atoms with van der Waals surface area (Å²) in [5, 5.41) is 19.7. The average Bonchev–Trinajstić information content (AvgIpc) is 2.81. The zero-order valence-corrected chi connectivity index (χ0v) is 20.7. The molecule has 0 aliphatic heterocycles. The molecule has 2 aliphatic rings. The molecule has 32 heavy (non-hydrogen) atoms. The quantitative estimate of drug-likeness (QED) is 0.179.